The van der Waals surface area contributed by atoms with Crippen molar-refractivity contribution in [2.75, 3.05) is 0 Å². The Hall–Kier alpha value is -2.47. The van der Waals surface area contributed by atoms with Crippen molar-refractivity contribution < 1.29 is 4.39 Å². The highest BCUT2D eigenvalue weighted by atomic mass is 19.1. The van der Waals surface area contributed by atoms with Crippen molar-refractivity contribution in [2.24, 2.45) is 0 Å². The Morgan fingerprint density at radius 3 is 2.78 bits per heavy atom. The van der Waals surface area contributed by atoms with E-state index in [0.29, 0.717) is 12.2 Å². The molecule has 0 fully saturated rings. The predicted molar refractivity (Wildman–Crippen MR) is 86.8 cm³/mol. The third kappa shape index (κ3) is 3.65. The number of nitrogens with one attached hydrogen (secondary N) is 1. The summed E-state index contributed by atoms with van der Waals surface area (Å²) in [5.41, 5.74) is 1.63. The van der Waals surface area contributed by atoms with E-state index >= 15 is 0 Å². The molecular weight excluding hydrogens is 293 g/mol. The van der Waals surface area contributed by atoms with Crippen molar-refractivity contribution >= 4 is 0 Å². The van der Waals surface area contributed by atoms with Crippen LogP contribution in [0.3, 0.4) is 0 Å². The Morgan fingerprint density at radius 2 is 2.04 bits per heavy atom. The first kappa shape index (κ1) is 15.4. The number of hydrogen-bond acceptors (Lipinski definition) is 3. The van der Waals surface area contributed by atoms with Crippen molar-refractivity contribution in [1.82, 2.24) is 24.9 Å². The van der Waals surface area contributed by atoms with Crippen LogP contribution in [0.25, 0.3) is 5.69 Å². The third-order valence-corrected chi connectivity index (χ3v) is 3.99. The summed E-state index contributed by atoms with van der Waals surface area (Å²) in [7, 11) is 0. The third-order valence-electron chi connectivity index (χ3n) is 3.99. The molecule has 5 nitrogen and oxygen atoms in total. The van der Waals surface area contributed by atoms with Crippen LogP contribution in [0.2, 0.25) is 0 Å². The topological polar surface area (TPSA) is 47.7 Å². The number of benzene rings is 1. The highest BCUT2D eigenvalue weighted by Gasteiger charge is 2.14. The first-order valence-electron chi connectivity index (χ1n) is 7.66. The molecule has 1 aromatic carbocycles. The van der Waals surface area contributed by atoms with Crippen LogP contribution in [-0.4, -0.2) is 25.6 Å². The second-order valence-electron chi connectivity index (χ2n) is 5.63. The van der Waals surface area contributed by atoms with Gasteiger partial charge in [0.15, 0.2) is 0 Å². The second kappa shape index (κ2) is 6.75. The molecule has 3 aromatic rings. The summed E-state index contributed by atoms with van der Waals surface area (Å²) in [5.74, 6) is -0.264. The molecule has 0 spiro atoms. The lowest BCUT2D eigenvalue weighted by atomic mass is 10.1. The standard InChI is InChI=1S/C17H20FN5/c1-13(14(2)22-9-4-8-20-22)19-12-16-7-10-23(21-16)17-6-3-5-15(18)11-17/h3-11,13-14,19H,12H2,1-2H3/t13-,14+/m0/s1. The highest BCUT2D eigenvalue weighted by molar-refractivity contribution is 5.31. The quantitative estimate of drug-likeness (QED) is 0.761. The van der Waals surface area contributed by atoms with Gasteiger partial charge < -0.3 is 5.32 Å². The van der Waals surface area contributed by atoms with E-state index in [-0.39, 0.29) is 17.9 Å². The van der Waals surface area contributed by atoms with Crippen molar-refractivity contribution in [3.63, 3.8) is 0 Å². The summed E-state index contributed by atoms with van der Waals surface area (Å²) >= 11 is 0. The predicted octanol–water partition coefficient (Wildman–Crippen LogP) is 2.95. The molecule has 0 saturated heterocycles. The maximum Gasteiger partial charge on any atom is 0.125 e. The van der Waals surface area contributed by atoms with Gasteiger partial charge in [-0.3, -0.25) is 4.68 Å². The Bertz CT molecular complexity index is 750. The van der Waals surface area contributed by atoms with Crippen molar-refractivity contribution in [1.29, 1.82) is 0 Å². The van der Waals surface area contributed by atoms with Crippen molar-refractivity contribution in [3.8, 4) is 5.69 Å². The Morgan fingerprint density at radius 1 is 1.17 bits per heavy atom. The molecule has 23 heavy (non-hydrogen) atoms. The summed E-state index contributed by atoms with van der Waals surface area (Å²) in [6.45, 7) is 4.89. The molecule has 0 radical (unpaired) electrons. The molecular formula is C17H20FN5. The molecule has 0 saturated carbocycles. The molecule has 2 heterocycles. The largest absolute Gasteiger partial charge is 0.306 e. The Labute approximate surface area is 134 Å². The molecule has 0 aliphatic rings. The van der Waals surface area contributed by atoms with Crippen LogP contribution in [0, 0.1) is 5.82 Å². The molecule has 2 atom stereocenters. The van der Waals surface area contributed by atoms with Gasteiger partial charge in [-0.15, -0.1) is 0 Å². The first-order valence-corrected chi connectivity index (χ1v) is 7.66. The van der Waals surface area contributed by atoms with Gasteiger partial charge in [-0.05, 0) is 44.2 Å². The Balaban J connectivity index is 1.61. The van der Waals surface area contributed by atoms with Crippen LogP contribution in [0.1, 0.15) is 25.6 Å². The van der Waals surface area contributed by atoms with Gasteiger partial charge in [0, 0.05) is 31.2 Å². The van der Waals surface area contributed by atoms with Gasteiger partial charge in [0.2, 0.25) is 0 Å². The molecule has 0 aliphatic heterocycles. The zero-order valence-electron chi connectivity index (χ0n) is 13.2. The Kier molecular flexibility index (Phi) is 4.52. The van der Waals surface area contributed by atoms with E-state index in [1.165, 1.54) is 12.1 Å². The van der Waals surface area contributed by atoms with Gasteiger partial charge >= 0.3 is 0 Å². The van der Waals surface area contributed by atoms with E-state index < -0.39 is 0 Å². The minimum Gasteiger partial charge on any atom is -0.306 e. The normalized spacial score (nSPS) is 13.9. The average molecular weight is 313 g/mol. The van der Waals surface area contributed by atoms with Gasteiger partial charge in [-0.1, -0.05) is 6.07 Å². The molecule has 3 rings (SSSR count). The lowest BCUT2D eigenvalue weighted by Gasteiger charge is -2.21. The molecule has 1 N–H and O–H groups in total. The molecule has 2 aromatic heterocycles. The highest BCUT2D eigenvalue weighted by Crippen LogP contribution is 2.11. The van der Waals surface area contributed by atoms with Crippen LogP contribution in [0.5, 0.6) is 0 Å². The van der Waals surface area contributed by atoms with E-state index in [1.54, 1.807) is 16.9 Å². The van der Waals surface area contributed by atoms with E-state index in [1.807, 2.05) is 35.3 Å². The maximum atomic E-state index is 13.3. The molecule has 0 unspecified atom stereocenters. The number of nitrogens with zero attached hydrogens (tertiary/aromatic N) is 4. The smallest absolute Gasteiger partial charge is 0.125 e. The van der Waals surface area contributed by atoms with E-state index in [9.17, 15) is 4.39 Å². The van der Waals surface area contributed by atoms with Crippen molar-refractivity contribution in [3.05, 3.63) is 66.5 Å². The van der Waals surface area contributed by atoms with Gasteiger partial charge in [0.25, 0.3) is 0 Å². The fourth-order valence-electron chi connectivity index (χ4n) is 2.41. The van der Waals surface area contributed by atoms with Gasteiger partial charge in [-0.25, -0.2) is 9.07 Å². The van der Waals surface area contributed by atoms with E-state index in [0.717, 1.165) is 5.69 Å². The SMILES string of the molecule is C[C@H](NCc1ccn(-c2cccc(F)c2)n1)[C@@H](C)n1cccn1. The lowest BCUT2D eigenvalue weighted by molar-refractivity contribution is 0.363. The summed E-state index contributed by atoms with van der Waals surface area (Å²) in [4.78, 5) is 0. The lowest BCUT2D eigenvalue weighted by Crippen LogP contribution is -2.33. The monoisotopic (exact) mass is 313 g/mol. The van der Waals surface area contributed by atoms with Gasteiger partial charge in [-0.2, -0.15) is 10.2 Å². The minimum atomic E-state index is -0.264. The summed E-state index contributed by atoms with van der Waals surface area (Å²) < 4.78 is 16.9. The summed E-state index contributed by atoms with van der Waals surface area (Å²) in [6.07, 6.45) is 5.58. The van der Waals surface area contributed by atoms with Crippen LogP contribution in [0.4, 0.5) is 4.39 Å². The van der Waals surface area contributed by atoms with Gasteiger partial charge in [0.05, 0.1) is 17.4 Å². The van der Waals surface area contributed by atoms with E-state index in [4.69, 9.17) is 0 Å². The number of aromatic nitrogens is 4. The summed E-state index contributed by atoms with van der Waals surface area (Å²) in [5, 5.41) is 12.2. The molecule has 6 heteroatoms. The number of halogens is 1. The zero-order chi connectivity index (χ0) is 16.2. The molecule has 0 amide bonds. The summed E-state index contributed by atoms with van der Waals surface area (Å²) in [6, 6.07) is 10.7. The maximum absolute atomic E-state index is 13.3. The molecule has 0 bridgehead atoms. The van der Waals surface area contributed by atoms with Gasteiger partial charge in [0.1, 0.15) is 5.82 Å². The second-order valence-corrected chi connectivity index (χ2v) is 5.63. The first-order chi connectivity index (χ1) is 11.1. The molecule has 0 aliphatic carbocycles. The van der Waals surface area contributed by atoms with E-state index in [2.05, 4.69) is 29.4 Å². The zero-order valence-corrected chi connectivity index (χ0v) is 13.2. The fraction of sp³-hybridized carbons (Fsp3) is 0.294. The fourth-order valence-corrected chi connectivity index (χ4v) is 2.41. The van der Waals surface area contributed by atoms with Crippen LogP contribution < -0.4 is 5.32 Å². The van der Waals surface area contributed by atoms with Crippen LogP contribution >= 0.6 is 0 Å². The minimum absolute atomic E-state index is 0.245. The average Bonchev–Trinajstić information content (AvgIpc) is 3.23. The van der Waals surface area contributed by atoms with Crippen LogP contribution in [0.15, 0.2) is 55.0 Å². The molecule has 120 valence electrons. The number of hydrogen-bond donors (Lipinski definition) is 1. The number of rotatable bonds is 6. The van der Waals surface area contributed by atoms with Crippen molar-refractivity contribution in [2.45, 2.75) is 32.5 Å². The van der Waals surface area contributed by atoms with Crippen LogP contribution in [-0.2, 0) is 6.54 Å².